The molecular weight excluding hydrogens is 315 g/mol. The highest BCUT2D eigenvalue weighted by molar-refractivity contribution is 5.66. The van der Waals surface area contributed by atoms with Gasteiger partial charge in [0.25, 0.3) is 0 Å². The maximum Gasteiger partial charge on any atom is 0.229 e. The first kappa shape index (κ1) is 16.9. The molecule has 1 heterocycles. The Labute approximate surface area is 147 Å². The third kappa shape index (κ3) is 4.76. The first-order chi connectivity index (χ1) is 12.2. The van der Waals surface area contributed by atoms with E-state index in [9.17, 15) is 4.39 Å². The van der Waals surface area contributed by atoms with Gasteiger partial charge in [0.1, 0.15) is 11.6 Å². The minimum atomic E-state index is -0.300. The van der Waals surface area contributed by atoms with Crippen molar-refractivity contribution >= 4 is 17.5 Å². The Morgan fingerprint density at radius 1 is 0.960 bits per heavy atom. The Hall–Kier alpha value is -2.95. The van der Waals surface area contributed by atoms with Crippen LogP contribution in [0.1, 0.15) is 19.8 Å². The van der Waals surface area contributed by atoms with Crippen LogP contribution in [-0.2, 0) is 0 Å². The predicted octanol–water partition coefficient (Wildman–Crippen LogP) is 5.24. The highest BCUT2D eigenvalue weighted by Crippen LogP contribution is 2.23. The summed E-state index contributed by atoms with van der Waals surface area (Å²) in [6, 6.07) is 18.1. The van der Waals surface area contributed by atoms with Crippen molar-refractivity contribution in [3.63, 3.8) is 0 Å². The molecule has 2 aromatic carbocycles. The van der Waals surface area contributed by atoms with E-state index < -0.39 is 0 Å². The van der Waals surface area contributed by atoms with E-state index in [1.165, 1.54) is 12.1 Å². The van der Waals surface area contributed by atoms with Crippen LogP contribution in [0.2, 0.25) is 0 Å². The minimum absolute atomic E-state index is 0.300. The second-order valence-electron chi connectivity index (χ2n) is 5.74. The summed E-state index contributed by atoms with van der Waals surface area (Å²) in [6.07, 6.45) is 2.18. The molecule has 3 rings (SSSR count). The maximum atomic E-state index is 13.4. The molecule has 0 aliphatic carbocycles. The van der Waals surface area contributed by atoms with Crippen LogP contribution < -0.4 is 10.6 Å². The molecule has 2 N–H and O–H groups in total. The molecule has 0 atom stereocenters. The van der Waals surface area contributed by atoms with Gasteiger partial charge in [0.2, 0.25) is 5.95 Å². The molecule has 0 unspecified atom stereocenters. The zero-order valence-corrected chi connectivity index (χ0v) is 14.2. The summed E-state index contributed by atoms with van der Waals surface area (Å²) in [6.45, 7) is 3.00. The summed E-state index contributed by atoms with van der Waals surface area (Å²) < 4.78 is 13.4. The van der Waals surface area contributed by atoms with Crippen molar-refractivity contribution in [2.75, 3.05) is 17.2 Å². The van der Waals surface area contributed by atoms with Gasteiger partial charge in [0, 0.05) is 23.9 Å². The van der Waals surface area contributed by atoms with Crippen molar-refractivity contribution in [3.05, 3.63) is 66.5 Å². The number of benzene rings is 2. The molecule has 128 valence electrons. The number of nitrogens with zero attached hydrogens (tertiary/aromatic N) is 2. The van der Waals surface area contributed by atoms with Crippen molar-refractivity contribution in [2.45, 2.75) is 19.8 Å². The Morgan fingerprint density at radius 3 is 2.56 bits per heavy atom. The van der Waals surface area contributed by atoms with Gasteiger partial charge in [-0.25, -0.2) is 9.37 Å². The standard InChI is InChI=1S/C20H21FN4/c1-2-3-12-22-19-14-18(15-8-5-4-6-9-15)24-20(25-19)23-17-11-7-10-16(21)13-17/h4-11,13-14H,2-3,12H2,1H3,(H2,22,23,24,25). The largest absolute Gasteiger partial charge is 0.370 e. The van der Waals surface area contributed by atoms with Gasteiger partial charge in [0.15, 0.2) is 0 Å². The highest BCUT2D eigenvalue weighted by atomic mass is 19.1. The van der Waals surface area contributed by atoms with Crippen LogP contribution in [0.25, 0.3) is 11.3 Å². The zero-order valence-electron chi connectivity index (χ0n) is 14.2. The topological polar surface area (TPSA) is 49.8 Å². The molecule has 1 aromatic heterocycles. The summed E-state index contributed by atoms with van der Waals surface area (Å²) >= 11 is 0. The third-order valence-electron chi connectivity index (χ3n) is 3.71. The first-order valence-electron chi connectivity index (χ1n) is 8.45. The molecule has 0 amide bonds. The molecule has 5 heteroatoms. The molecule has 0 aliphatic heterocycles. The fraction of sp³-hybridized carbons (Fsp3) is 0.200. The monoisotopic (exact) mass is 336 g/mol. The van der Waals surface area contributed by atoms with Crippen LogP contribution in [0.4, 0.5) is 21.8 Å². The van der Waals surface area contributed by atoms with Crippen LogP contribution in [0.5, 0.6) is 0 Å². The average molecular weight is 336 g/mol. The molecule has 0 radical (unpaired) electrons. The maximum absolute atomic E-state index is 13.4. The van der Waals surface area contributed by atoms with E-state index in [4.69, 9.17) is 0 Å². The summed E-state index contributed by atoms with van der Waals surface area (Å²) in [5.41, 5.74) is 2.43. The van der Waals surface area contributed by atoms with E-state index in [0.29, 0.717) is 11.6 Å². The summed E-state index contributed by atoms with van der Waals surface area (Å²) in [7, 11) is 0. The van der Waals surface area contributed by atoms with Crippen LogP contribution in [0.15, 0.2) is 60.7 Å². The number of aromatic nitrogens is 2. The number of rotatable bonds is 7. The molecule has 0 fully saturated rings. The smallest absolute Gasteiger partial charge is 0.229 e. The number of anilines is 3. The molecule has 0 aliphatic rings. The molecular formula is C20H21FN4. The average Bonchev–Trinajstić information content (AvgIpc) is 2.63. The lowest BCUT2D eigenvalue weighted by molar-refractivity contribution is 0.628. The van der Waals surface area contributed by atoms with Crippen molar-refractivity contribution in [3.8, 4) is 11.3 Å². The van der Waals surface area contributed by atoms with Crippen LogP contribution in [0.3, 0.4) is 0 Å². The number of hydrogen-bond acceptors (Lipinski definition) is 4. The number of hydrogen-bond donors (Lipinski definition) is 2. The van der Waals surface area contributed by atoms with Crippen molar-refractivity contribution in [2.24, 2.45) is 0 Å². The minimum Gasteiger partial charge on any atom is -0.370 e. The lowest BCUT2D eigenvalue weighted by Crippen LogP contribution is -2.06. The van der Waals surface area contributed by atoms with E-state index in [1.807, 2.05) is 36.4 Å². The first-order valence-corrected chi connectivity index (χ1v) is 8.45. The van der Waals surface area contributed by atoms with Gasteiger partial charge >= 0.3 is 0 Å². The van der Waals surface area contributed by atoms with Crippen LogP contribution in [-0.4, -0.2) is 16.5 Å². The molecule has 0 saturated heterocycles. The quantitative estimate of drug-likeness (QED) is 0.579. The lowest BCUT2D eigenvalue weighted by Gasteiger charge is -2.11. The Kier molecular flexibility index (Phi) is 5.57. The summed E-state index contributed by atoms with van der Waals surface area (Å²) in [5, 5.41) is 6.41. The van der Waals surface area contributed by atoms with Crippen molar-refractivity contribution in [1.82, 2.24) is 9.97 Å². The molecule has 0 spiro atoms. The molecule has 0 saturated carbocycles. The van der Waals surface area contributed by atoms with Crippen molar-refractivity contribution in [1.29, 1.82) is 0 Å². The Bertz CT molecular complexity index is 821. The van der Waals surface area contributed by atoms with Gasteiger partial charge in [-0.15, -0.1) is 0 Å². The van der Waals surface area contributed by atoms with E-state index in [-0.39, 0.29) is 5.82 Å². The number of halogens is 1. The van der Waals surface area contributed by atoms with E-state index in [2.05, 4.69) is 27.5 Å². The van der Waals surface area contributed by atoms with Gasteiger partial charge in [-0.2, -0.15) is 4.98 Å². The number of nitrogens with one attached hydrogen (secondary N) is 2. The second-order valence-corrected chi connectivity index (χ2v) is 5.74. The number of unbranched alkanes of at least 4 members (excludes halogenated alkanes) is 1. The van der Waals surface area contributed by atoms with Crippen LogP contribution in [0, 0.1) is 5.82 Å². The predicted molar refractivity (Wildman–Crippen MR) is 101 cm³/mol. The fourth-order valence-corrected chi connectivity index (χ4v) is 2.44. The van der Waals surface area contributed by atoms with Gasteiger partial charge in [-0.1, -0.05) is 49.7 Å². The zero-order chi connectivity index (χ0) is 17.5. The highest BCUT2D eigenvalue weighted by Gasteiger charge is 2.07. The third-order valence-corrected chi connectivity index (χ3v) is 3.71. The summed E-state index contributed by atoms with van der Waals surface area (Å²) in [4.78, 5) is 9.07. The lowest BCUT2D eigenvalue weighted by atomic mass is 10.1. The Morgan fingerprint density at radius 2 is 1.80 bits per heavy atom. The molecule has 3 aromatic rings. The molecule has 0 bridgehead atoms. The van der Waals surface area contributed by atoms with Gasteiger partial charge in [-0.05, 0) is 24.6 Å². The Balaban J connectivity index is 1.91. The van der Waals surface area contributed by atoms with Crippen LogP contribution >= 0.6 is 0 Å². The van der Waals surface area contributed by atoms with E-state index in [0.717, 1.165) is 36.5 Å². The van der Waals surface area contributed by atoms with E-state index >= 15 is 0 Å². The van der Waals surface area contributed by atoms with E-state index in [1.54, 1.807) is 12.1 Å². The summed E-state index contributed by atoms with van der Waals surface area (Å²) in [5.74, 6) is 0.887. The molecule has 4 nitrogen and oxygen atoms in total. The normalized spacial score (nSPS) is 10.5. The van der Waals surface area contributed by atoms with Gasteiger partial charge in [0.05, 0.1) is 5.69 Å². The van der Waals surface area contributed by atoms with Crippen molar-refractivity contribution < 1.29 is 4.39 Å². The second kappa shape index (κ2) is 8.24. The van der Waals surface area contributed by atoms with Gasteiger partial charge < -0.3 is 10.6 Å². The van der Waals surface area contributed by atoms with Gasteiger partial charge in [-0.3, -0.25) is 0 Å². The molecule has 25 heavy (non-hydrogen) atoms. The SMILES string of the molecule is CCCCNc1cc(-c2ccccc2)nc(Nc2cccc(F)c2)n1. The fourth-order valence-electron chi connectivity index (χ4n) is 2.44.